The number of aliphatic hydroxyl groups excluding tert-OH is 1. The Labute approximate surface area is 197 Å². The fraction of sp³-hybridized carbons (Fsp3) is 0.172. The standard InChI is InChI=1S/C29H30O3P/c1-31-28-19-18-23(22-29(28)32-2)27(30)20-21-33(24-12-6-3-7-13-24,25-14-8-4-9-15-25)26-16-10-5-11-17-26/h3-19,22,27,30H,20-21H2,1-2H3/q+1. The topological polar surface area (TPSA) is 38.7 Å². The van der Waals surface area contributed by atoms with Crippen molar-refractivity contribution in [2.75, 3.05) is 20.4 Å². The second-order valence-electron chi connectivity index (χ2n) is 7.96. The predicted octanol–water partition coefficient (Wildman–Crippen LogP) is 5.12. The largest absolute Gasteiger partial charge is 0.493 e. The molecule has 0 heterocycles. The molecule has 0 amide bonds. The van der Waals surface area contributed by atoms with Gasteiger partial charge in [0.2, 0.25) is 0 Å². The van der Waals surface area contributed by atoms with Crippen LogP contribution in [0.2, 0.25) is 0 Å². The van der Waals surface area contributed by atoms with Crippen LogP contribution in [0.5, 0.6) is 11.5 Å². The third kappa shape index (κ3) is 4.80. The molecule has 4 aromatic rings. The van der Waals surface area contributed by atoms with Crippen LogP contribution in [0.4, 0.5) is 0 Å². The van der Waals surface area contributed by atoms with Gasteiger partial charge < -0.3 is 14.6 Å². The second-order valence-corrected chi connectivity index (χ2v) is 11.6. The SMILES string of the molecule is COc1ccc(C(O)CC[P+](c2ccccc2)(c2ccccc2)c2ccccc2)cc1OC. The van der Waals surface area contributed by atoms with Gasteiger partial charge in [-0.2, -0.15) is 0 Å². The van der Waals surface area contributed by atoms with Crippen LogP contribution < -0.4 is 25.4 Å². The van der Waals surface area contributed by atoms with E-state index in [1.54, 1.807) is 14.2 Å². The highest BCUT2D eigenvalue weighted by atomic mass is 31.2. The summed E-state index contributed by atoms with van der Waals surface area (Å²) < 4.78 is 10.8. The van der Waals surface area contributed by atoms with Crippen molar-refractivity contribution in [3.63, 3.8) is 0 Å². The zero-order chi connectivity index (χ0) is 23.1. The summed E-state index contributed by atoms with van der Waals surface area (Å²) >= 11 is 0. The summed E-state index contributed by atoms with van der Waals surface area (Å²) in [4.78, 5) is 0. The maximum atomic E-state index is 11.2. The quantitative estimate of drug-likeness (QED) is 0.355. The van der Waals surface area contributed by atoms with Crippen LogP contribution in [-0.4, -0.2) is 25.5 Å². The Hall–Kier alpha value is -3.13. The lowest BCUT2D eigenvalue weighted by atomic mass is 10.1. The molecule has 1 unspecified atom stereocenters. The highest BCUT2D eigenvalue weighted by Crippen LogP contribution is 2.56. The molecule has 1 atom stereocenters. The monoisotopic (exact) mass is 457 g/mol. The van der Waals surface area contributed by atoms with E-state index in [9.17, 15) is 5.11 Å². The van der Waals surface area contributed by atoms with Crippen LogP contribution in [0, 0.1) is 0 Å². The zero-order valence-electron chi connectivity index (χ0n) is 19.1. The molecule has 0 fully saturated rings. The van der Waals surface area contributed by atoms with Crippen molar-refractivity contribution >= 4 is 23.2 Å². The van der Waals surface area contributed by atoms with E-state index < -0.39 is 13.4 Å². The van der Waals surface area contributed by atoms with Gasteiger partial charge in [-0.05, 0) is 54.1 Å². The van der Waals surface area contributed by atoms with Gasteiger partial charge in [0.1, 0.15) is 23.2 Å². The third-order valence-corrected chi connectivity index (χ3v) is 10.6. The normalized spacial score (nSPS) is 12.2. The lowest BCUT2D eigenvalue weighted by Gasteiger charge is -2.28. The first-order valence-electron chi connectivity index (χ1n) is 11.1. The number of benzene rings is 4. The molecule has 0 aliphatic carbocycles. The Kier molecular flexibility index (Phi) is 7.44. The van der Waals surface area contributed by atoms with Gasteiger partial charge >= 0.3 is 0 Å². The van der Waals surface area contributed by atoms with Crippen molar-refractivity contribution in [3.8, 4) is 11.5 Å². The first-order valence-corrected chi connectivity index (χ1v) is 13.1. The summed E-state index contributed by atoms with van der Waals surface area (Å²) in [5.41, 5.74) is 0.833. The zero-order valence-corrected chi connectivity index (χ0v) is 20.0. The maximum Gasteiger partial charge on any atom is 0.161 e. The molecule has 3 nitrogen and oxygen atoms in total. The summed E-state index contributed by atoms with van der Waals surface area (Å²) in [6.45, 7) is 0. The molecule has 1 N–H and O–H groups in total. The Morgan fingerprint density at radius 1 is 0.636 bits per heavy atom. The first kappa shape index (κ1) is 23.0. The third-order valence-electron chi connectivity index (χ3n) is 6.12. The summed E-state index contributed by atoms with van der Waals surface area (Å²) in [7, 11) is 1.26. The summed E-state index contributed by atoms with van der Waals surface area (Å²) in [6.07, 6.45) is 0.864. The molecule has 0 saturated carbocycles. The average Bonchev–Trinajstić information content (AvgIpc) is 2.90. The lowest BCUT2D eigenvalue weighted by molar-refractivity contribution is 0.174. The van der Waals surface area contributed by atoms with Gasteiger partial charge in [0.05, 0.1) is 26.5 Å². The number of hydrogen-bond donors (Lipinski definition) is 1. The van der Waals surface area contributed by atoms with Crippen molar-refractivity contribution in [1.29, 1.82) is 0 Å². The highest BCUT2D eigenvalue weighted by molar-refractivity contribution is 7.95. The van der Waals surface area contributed by atoms with Crippen molar-refractivity contribution < 1.29 is 14.6 Å². The smallest absolute Gasteiger partial charge is 0.161 e. The van der Waals surface area contributed by atoms with Crippen LogP contribution >= 0.6 is 7.26 Å². The number of hydrogen-bond acceptors (Lipinski definition) is 3. The van der Waals surface area contributed by atoms with Crippen molar-refractivity contribution in [2.24, 2.45) is 0 Å². The molecule has 33 heavy (non-hydrogen) atoms. The van der Waals surface area contributed by atoms with E-state index in [0.717, 1.165) is 11.7 Å². The molecule has 0 bridgehead atoms. The number of ether oxygens (including phenoxy) is 2. The summed E-state index contributed by atoms with van der Waals surface area (Å²) in [5.74, 6) is 1.29. The van der Waals surface area contributed by atoms with Crippen LogP contribution in [-0.2, 0) is 0 Å². The van der Waals surface area contributed by atoms with Gasteiger partial charge in [0.25, 0.3) is 0 Å². The summed E-state index contributed by atoms with van der Waals surface area (Å²) in [6, 6.07) is 37.9. The Balaban J connectivity index is 1.76. The van der Waals surface area contributed by atoms with E-state index >= 15 is 0 Å². The van der Waals surface area contributed by atoms with E-state index in [1.165, 1.54) is 15.9 Å². The minimum absolute atomic E-state index is 0.611. The van der Waals surface area contributed by atoms with Crippen LogP contribution in [0.1, 0.15) is 18.1 Å². The minimum atomic E-state index is -1.98. The molecule has 4 aromatic carbocycles. The molecule has 0 spiro atoms. The van der Waals surface area contributed by atoms with Crippen molar-refractivity contribution in [1.82, 2.24) is 0 Å². The molecular formula is C29H30O3P+. The maximum absolute atomic E-state index is 11.2. The van der Waals surface area contributed by atoms with E-state index in [4.69, 9.17) is 9.47 Å². The Bertz CT molecular complexity index is 1050. The van der Waals surface area contributed by atoms with Gasteiger partial charge in [0.15, 0.2) is 11.5 Å². The highest BCUT2D eigenvalue weighted by Gasteiger charge is 2.45. The molecule has 4 heteroatoms. The average molecular weight is 458 g/mol. The second kappa shape index (κ2) is 10.7. The predicted molar refractivity (Wildman–Crippen MR) is 139 cm³/mol. The molecule has 0 aromatic heterocycles. The van der Waals surface area contributed by atoms with E-state index in [1.807, 2.05) is 18.2 Å². The Morgan fingerprint density at radius 3 is 1.52 bits per heavy atom. The van der Waals surface area contributed by atoms with Crippen molar-refractivity contribution in [3.05, 3.63) is 115 Å². The number of aliphatic hydroxyl groups is 1. The molecule has 168 valence electrons. The first-order chi connectivity index (χ1) is 16.2. The van der Waals surface area contributed by atoms with Gasteiger partial charge in [-0.1, -0.05) is 60.7 Å². The lowest BCUT2D eigenvalue weighted by Crippen LogP contribution is -2.33. The molecule has 0 radical (unpaired) electrons. The van der Waals surface area contributed by atoms with E-state index in [-0.39, 0.29) is 0 Å². The molecule has 0 saturated heterocycles. The molecule has 4 rings (SSSR count). The summed E-state index contributed by atoms with van der Waals surface area (Å²) in [5, 5.41) is 15.2. The van der Waals surface area contributed by atoms with Crippen molar-refractivity contribution in [2.45, 2.75) is 12.5 Å². The van der Waals surface area contributed by atoms with Gasteiger partial charge in [-0.15, -0.1) is 0 Å². The fourth-order valence-electron chi connectivity index (χ4n) is 4.42. The van der Waals surface area contributed by atoms with E-state index in [0.29, 0.717) is 17.9 Å². The van der Waals surface area contributed by atoms with Crippen LogP contribution in [0.3, 0.4) is 0 Å². The number of methoxy groups -OCH3 is 2. The minimum Gasteiger partial charge on any atom is -0.493 e. The molecule has 0 aliphatic rings. The van der Waals surface area contributed by atoms with Gasteiger partial charge in [0, 0.05) is 6.42 Å². The van der Waals surface area contributed by atoms with Crippen LogP contribution in [0.15, 0.2) is 109 Å². The van der Waals surface area contributed by atoms with E-state index in [2.05, 4.69) is 91.0 Å². The number of rotatable bonds is 9. The van der Waals surface area contributed by atoms with Gasteiger partial charge in [-0.25, -0.2) is 0 Å². The Morgan fingerprint density at radius 2 is 1.09 bits per heavy atom. The van der Waals surface area contributed by atoms with Gasteiger partial charge in [-0.3, -0.25) is 0 Å². The molecular weight excluding hydrogens is 427 g/mol. The molecule has 0 aliphatic heterocycles. The fourth-order valence-corrected chi connectivity index (χ4v) is 8.77. The van der Waals surface area contributed by atoms with Crippen LogP contribution in [0.25, 0.3) is 0 Å².